The monoisotopic (exact) mass is 309 g/mol. The number of hydrogen-bond donors (Lipinski definition) is 2. The summed E-state index contributed by atoms with van der Waals surface area (Å²) in [5.41, 5.74) is 1.81. The van der Waals surface area contributed by atoms with Gasteiger partial charge in [0.1, 0.15) is 11.5 Å². The van der Waals surface area contributed by atoms with Gasteiger partial charge in [-0.25, -0.2) is 9.97 Å². The predicted octanol–water partition coefficient (Wildman–Crippen LogP) is 1.22. The van der Waals surface area contributed by atoms with E-state index >= 15 is 0 Å². The number of nitrogens with zero attached hydrogens (tertiary/aromatic N) is 3. The molecule has 3 aromatic rings. The Balaban J connectivity index is 1.50. The van der Waals surface area contributed by atoms with Gasteiger partial charge in [-0.1, -0.05) is 6.07 Å². The van der Waals surface area contributed by atoms with Crippen molar-refractivity contribution in [1.29, 1.82) is 0 Å². The van der Waals surface area contributed by atoms with E-state index < -0.39 is 0 Å². The number of imidazole rings is 1. The van der Waals surface area contributed by atoms with E-state index in [2.05, 4.69) is 20.3 Å². The first kappa shape index (κ1) is 13.7. The van der Waals surface area contributed by atoms with Crippen LogP contribution < -0.4 is 10.9 Å². The van der Waals surface area contributed by atoms with Crippen LogP contribution in [0.2, 0.25) is 0 Å². The largest absolute Gasteiger partial charge is 0.347 e. The van der Waals surface area contributed by atoms with Crippen molar-refractivity contribution >= 4 is 11.4 Å². The van der Waals surface area contributed by atoms with Crippen LogP contribution in [-0.2, 0) is 6.54 Å². The van der Waals surface area contributed by atoms with Crippen LogP contribution in [0.5, 0.6) is 0 Å². The molecule has 0 saturated heterocycles. The molecular weight excluding hydrogens is 294 g/mol. The standard InChI is InChI=1S/C16H15N5O2/c22-14-5-13(19-15(20-14)11-2-3-11)16(23)18-6-10-1-4-12-7-17-9-21(12)8-10/h1,4-5,7-9,11H,2-3,6H2,(H,18,23)(H,19,20,22). The fourth-order valence-corrected chi connectivity index (χ4v) is 2.49. The number of aromatic amines is 1. The van der Waals surface area contributed by atoms with Crippen molar-refractivity contribution in [1.82, 2.24) is 24.7 Å². The molecule has 23 heavy (non-hydrogen) atoms. The SMILES string of the molecule is O=C(NCc1ccc2cncn2c1)c1cc(=O)[nH]c(C2CC2)n1. The maximum atomic E-state index is 12.2. The summed E-state index contributed by atoms with van der Waals surface area (Å²) in [5, 5.41) is 2.80. The lowest BCUT2D eigenvalue weighted by atomic mass is 10.2. The quantitative estimate of drug-likeness (QED) is 0.758. The number of fused-ring (bicyclic) bond motifs is 1. The van der Waals surface area contributed by atoms with Gasteiger partial charge in [0.05, 0.1) is 18.0 Å². The van der Waals surface area contributed by atoms with E-state index in [0.717, 1.165) is 23.9 Å². The Labute approximate surface area is 131 Å². The first-order chi connectivity index (χ1) is 11.2. The minimum atomic E-state index is -0.344. The molecule has 0 radical (unpaired) electrons. The topological polar surface area (TPSA) is 92.2 Å². The summed E-state index contributed by atoms with van der Waals surface area (Å²) in [6.07, 6.45) is 7.41. The molecule has 0 spiro atoms. The number of hydrogen-bond acceptors (Lipinski definition) is 4. The average Bonchev–Trinajstić information content (AvgIpc) is 3.30. The van der Waals surface area contributed by atoms with Gasteiger partial charge >= 0.3 is 0 Å². The van der Waals surface area contributed by atoms with Crippen molar-refractivity contribution in [3.8, 4) is 0 Å². The number of carbonyl (C=O) groups excluding carboxylic acids is 1. The van der Waals surface area contributed by atoms with E-state index in [1.165, 1.54) is 6.07 Å². The van der Waals surface area contributed by atoms with Crippen LogP contribution in [0.1, 0.15) is 40.6 Å². The van der Waals surface area contributed by atoms with Crippen LogP contribution >= 0.6 is 0 Å². The van der Waals surface area contributed by atoms with Crippen molar-refractivity contribution in [2.75, 3.05) is 0 Å². The van der Waals surface area contributed by atoms with Crippen LogP contribution in [0, 0.1) is 0 Å². The molecule has 3 heterocycles. The Hall–Kier alpha value is -2.96. The predicted molar refractivity (Wildman–Crippen MR) is 83.2 cm³/mol. The summed E-state index contributed by atoms with van der Waals surface area (Å²) in [6.45, 7) is 0.361. The third-order valence-electron chi connectivity index (χ3n) is 3.88. The molecule has 0 unspecified atom stereocenters. The fraction of sp³-hybridized carbons (Fsp3) is 0.250. The molecule has 1 fully saturated rings. The molecule has 0 aromatic carbocycles. The average molecular weight is 309 g/mol. The molecule has 1 saturated carbocycles. The van der Waals surface area contributed by atoms with Gasteiger partial charge in [0.15, 0.2) is 0 Å². The number of amides is 1. The zero-order valence-electron chi connectivity index (χ0n) is 12.3. The smallest absolute Gasteiger partial charge is 0.270 e. The number of aromatic nitrogens is 4. The van der Waals surface area contributed by atoms with Gasteiger partial charge in [0.2, 0.25) is 0 Å². The van der Waals surface area contributed by atoms with E-state index in [9.17, 15) is 9.59 Å². The van der Waals surface area contributed by atoms with Gasteiger partial charge in [-0.15, -0.1) is 0 Å². The van der Waals surface area contributed by atoms with Crippen LogP contribution in [0.15, 0.2) is 41.7 Å². The Morgan fingerprint density at radius 3 is 3.09 bits per heavy atom. The summed E-state index contributed by atoms with van der Waals surface area (Å²) in [5.74, 6) is 0.560. The maximum Gasteiger partial charge on any atom is 0.270 e. The zero-order chi connectivity index (χ0) is 15.8. The molecule has 0 atom stereocenters. The van der Waals surface area contributed by atoms with Crippen molar-refractivity contribution in [2.24, 2.45) is 0 Å². The third-order valence-corrected chi connectivity index (χ3v) is 3.88. The number of rotatable bonds is 4. The first-order valence-corrected chi connectivity index (χ1v) is 7.49. The molecular formula is C16H15N5O2. The molecule has 4 rings (SSSR count). The molecule has 7 nitrogen and oxygen atoms in total. The summed E-state index contributed by atoms with van der Waals surface area (Å²) in [4.78, 5) is 34.9. The van der Waals surface area contributed by atoms with Crippen LogP contribution in [-0.4, -0.2) is 25.3 Å². The number of nitrogens with one attached hydrogen (secondary N) is 2. The lowest BCUT2D eigenvalue weighted by Crippen LogP contribution is -2.26. The zero-order valence-corrected chi connectivity index (χ0v) is 12.3. The van der Waals surface area contributed by atoms with E-state index in [1.54, 1.807) is 12.5 Å². The van der Waals surface area contributed by atoms with E-state index in [-0.39, 0.29) is 17.2 Å². The van der Waals surface area contributed by atoms with Crippen LogP contribution in [0.25, 0.3) is 5.52 Å². The van der Waals surface area contributed by atoms with Gasteiger partial charge in [-0.2, -0.15) is 0 Å². The molecule has 7 heteroatoms. The molecule has 2 N–H and O–H groups in total. The van der Waals surface area contributed by atoms with Crippen molar-refractivity contribution in [2.45, 2.75) is 25.3 Å². The molecule has 1 aliphatic rings. The molecule has 116 valence electrons. The van der Waals surface area contributed by atoms with Crippen LogP contribution in [0.3, 0.4) is 0 Å². The summed E-state index contributed by atoms with van der Waals surface area (Å²) in [6, 6.07) is 5.10. The molecule has 3 aromatic heterocycles. The molecule has 1 amide bonds. The minimum absolute atomic E-state index is 0.166. The molecule has 0 aliphatic heterocycles. The highest BCUT2D eigenvalue weighted by Gasteiger charge is 2.27. The fourth-order valence-electron chi connectivity index (χ4n) is 2.49. The second-order valence-corrected chi connectivity index (χ2v) is 5.74. The Kier molecular flexibility index (Phi) is 3.18. The molecule has 1 aliphatic carbocycles. The lowest BCUT2D eigenvalue weighted by molar-refractivity contribution is 0.0945. The van der Waals surface area contributed by atoms with Gasteiger partial charge < -0.3 is 14.7 Å². The van der Waals surface area contributed by atoms with Crippen LogP contribution in [0.4, 0.5) is 0 Å². The highest BCUT2D eigenvalue weighted by Crippen LogP contribution is 2.37. The van der Waals surface area contributed by atoms with E-state index in [1.807, 2.05) is 22.7 Å². The second kappa shape index (κ2) is 5.35. The Morgan fingerprint density at radius 1 is 1.39 bits per heavy atom. The summed E-state index contributed by atoms with van der Waals surface area (Å²) < 4.78 is 1.89. The maximum absolute atomic E-state index is 12.2. The normalized spacial score (nSPS) is 14.1. The van der Waals surface area contributed by atoms with E-state index in [4.69, 9.17) is 0 Å². The Morgan fingerprint density at radius 2 is 2.26 bits per heavy atom. The van der Waals surface area contributed by atoms with E-state index in [0.29, 0.717) is 18.3 Å². The summed E-state index contributed by atoms with van der Waals surface area (Å²) >= 11 is 0. The van der Waals surface area contributed by atoms with Gasteiger partial charge in [0.25, 0.3) is 11.5 Å². The minimum Gasteiger partial charge on any atom is -0.347 e. The number of pyridine rings is 1. The van der Waals surface area contributed by atoms with Crippen molar-refractivity contribution in [3.63, 3.8) is 0 Å². The first-order valence-electron chi connectivity index (χ1n) is 7.49. The highest BCUT2D eigenvalue weighted by molar-refractivity contribution is 5.92. The van der Waals surface area contributed by atoms with Gasteiger partial charge in [-0.3, -0.25) is 9.59 Å². The van der Waals surface area contributed by atoms with Crippen molar-refractivity contribution < 1.29 is 4.79 Å². The van der Waals surface area contributed by atoms with Crippen molar-refractivity contribution in [3.05, 3.63) is 64.4 Å². The lowest BCUT2D eigenvalue weighted by Gasteiger charge is -2.06. The number of carbonyl (C=O) groups is 1. The second-order valence-electron chi connectivity index (χ2n) is 5.74. The van der Waals surface area contributed by atoms with Gasteiger partial charge in [0, 0.05) is 24.7 Å². The third kappa shape index (κ3) is 2.85. The summed E-state index contributed by atoms with van der Waals surface area (Å²) in [7, 11) is 0. The Bertz CT molecular complexity index is 939. The number of H-pyrrole nitrogens is 1. The van der Waals surface area contributed by atoms with Gasteiger partial charge in [-0.05, 0) is 24.5 Å². The molecule has 0 bridgehead atoms. The highest BCUT2D eigenvalue weighted by atomic mass is 16.2.